The smallest absolute Gasteiger partial charge is 0.433 e. The van der Waals surface area contributed by atoms with Crippen LogP contribution in [0.2, 0.25) is 0 Å². The molecule has 0 aliphatic rings. The Kier molecular flexibility index (Phi) is 6.50. The van der Waals surface area contributed by atoms with Crippen molar-refractivity contribution < 1.29 is 31.1 Å². The molecular weight excluding hydrogens is 463 g/mol. The quantitative estimate of drug-likeness (QED) is 0.497. The van der Waals surface area contributed by atoms with Crippen molar-refractivity contribution in [1.29, 1.82) is 0 Å². The van der Waals surface area contributed by atoms with Crippen molar-refractivity contribution in [3.05, 3.63) is 63.7 Å². The first-order valence-corrected chi connectivity index (χ1v) is 11.3. The molecule has 0 amide bonds. The van der Waals surface area contributed by atoms with Crippen LogP contribution in [0.4, 0.5) is 13.2 Å². The van der Waals surface area contributed by atoms with Crippen molar-refractivity contribution in [2.24, 2.45) is 0 Å². The van der Waals surface area contributed by atoms with Gasteiger partial charge in [-0.15, -0.1) is 0 Å². The number of aromatic nitrogens is 3. The second kappa shape index (κ2) is 8.85. The number of pyridine rings is 1. The molecule has 33 heavy (non-hydrogen) atoms. The topological polar surface area (TPSA) is 100 Å². The van der Waals surface area contributed by atoms with Crippen LogP contribution >= 0.6 is 0 Å². The maximum atomic E-state index is 13.5. The van der Waals surface area contributed by atoms with Crippen LogP contribution in [-0.2, 0) is 22.6 Å². The molecule has 0 saturated carbocycles. The normalized spacial score (nSPS) is 12.0. The van der Waals surface area contributed by atoms with Crippen molar-refractivity contribution in [3.63, 3.8) is 0 Å². The van der Waals surface area contributed by atoms with Crippen LogP contribution in [0, 0.1) is 6.92 Å². The highest BCUT2D eigenvalue weighted by molar-refractivity contribution is 7.90. The molecule has 0 fully saturated rings. The molecule has 0 aliphatic carbocycles. The van der Waals surface area contributed by atoms with Crippen LogP contribution in [0.25, 0.3) is 11.3 Å². The van der Waals surface area contributed by atoms with Gasteiger partial charge in [0.15, 0.2) is 17.2 Å². The lowest BCUT2D eigenvalue weighted by molar-refractivity contribution is -0.142. The summed E-state index contributed by atoms with van der Waals surface area (Å²) in [5.41, 5.74) is -1.57. The fourth-order valence-corrected chi connectivity index (χ4v) is 3.70. The van der Waals surface area contributed by atoms with E-state index in [9.17, 15) is 26.4 Å². The molecule has 0 bridgehead atoms. The van der Waals surface area contributed by atoms with Crippen molar-refractivity contribution in [3.8, 4) is 22.8 Å². The van der Waals surface area contributed by atoms with Crippen molar-refractivity contribution in [1.82, 2.24) is 14.5 Å². The highest BCUT2D eigenvalue weighted by Gasteiger charge is 2.37. The highest BCUT2D eigenvalue weighted by Crippen LogP contribution is 2.35. The van der Waals surface area contributed by atoms with Gasteiger partial charge in [0.2, 0.25) is 15.0 Å². The number of rotatable bonds is 6. The van der Waals surface area contributed by atoms with Crippen LogP contribution in [-0.4, -0.2) is 43.4 Å². The SMILES string of the molecule is COc1ccc(Cn2cc(-c3nc(S(C)(=O)=O)nc(C(F)(F)F)c3C)ccc2=O)cc1OC. The lowest BCUT2D eigenvalue weighted by Crippen LogP contribution is -2.20. The summed E-state index contributed by atoms with van der Waals surface area (Å²) in [4.78, 5) is 19.5. The standard InChI is InChI=1S/C21H20F3N3O5S/c1-12-18(25-20(33(4,29)30)26-19(12)21(22,23)24)14-6-8-17(28)27(11-14)10-13-5-7-15(31-2)16(9-13)32-3/h5-9,11H,10H2,1-4H3. The van der Waals surface area contributed by atoms with Gasteiger partial charge in [0.25, 0.3) is 5.56 Å². The number of hydrogen-bond donors (Lipinski definition) is 0. The lowest BCUT2D eigenvalue weighted by atomic mass is 10.1. The Labute approximate surface area is 187 Å². The molecule has 0 N–H and O–H groups in total. The Morgan fingerprint density at radius 3 is 2.27 bits per heavy atom. The molecule has 1 aromatic carbocycles. The summed E-state index contributed by atoms with van der Waals surface area (Å²) in [6.07, 6.45) is -2.85. The first kappa shape index (κ1) is 24.2. The number of hydrogen-bond acceptors (Lipinski definition) is 7. The molecule has 0 unspecified atom stereocenters. The van der Waals surface area contributed by atoms with Crippen LogP contribution in [0.5, 0.6) is 11.5 Å². The van der Waals surface area contributed by atoms with Gasteiger partial charge < -0.3 is 14.0 Å². The summed E-state index contributed by atoms with van der Waals surface area (Å²) in [5, 5.41) is -0.951. The van der Waals surface area contributed by atoms with E-state index in [-0.39, 0.29) is 23.4 Å². The number of alkyl halides is 3. The molecule has 2 heterocycles. The predicted molar refractivity (Wildman–Crippen MR) is 113 cm³/mol. The third-order valence-corrected chi connectivity index (χ3v) is 5.63. The van der Waals surface area contributed by atoms with Crippen molar-refractivity contribution in [2.45, 2.75) is 24.8 Å². The average molecular weight is 483 g/mol. The van der Waals surface area contributed by atoms with Gasteiger partial charge in [0, 0.05) is 29.6 Å². The average Bonchev–Trinajstić information content (AvgIpc) is 2.73. The maximum Gasteiger partial charge on any atom is 0.433 e. The first-order chi connectivity index (χ1) is 15.3. The second-order valence-corrected chi connectivity index (χ2v) is 9.08. The van der Waals surface area contributed by atoms with E-state index in [1.165, 1.54) is 37.1 Å². The Morgan fingerprint density at radius 1 is 1.03 bits per heavy atom. The van der Waals surface area contributed by atoms with E-state index in [0.717, 1.165) is 13.2 Å². The Hall–Kier alpha value is -3.41. The summed E-state index contributed by atoms with van der Waals surface area (Å²) in [5.74, 6) is 0.936. The molecule has 0 aliphatic heterocycles. The molecule has 8 nitrogen and oxygen atoms in total. The number of benzene rings is 1. The molecule has 3 rings (SSSR count). The fourth-order valence-electron chi connectivity index (χ4n) is 3.19. The van der Waals surface area contributed by atoms with Crippen molar-refractivity contribution in [2.75, 3.05) is 20.5 Å². The number of nitrogens with zero attached hydrogens (tertiary/aromatic N) is 3. The van der Waals surface area contributed by atoms with Gasteiger partial charge in [0.1, 0.15) is 0 Å². The monoisotopic (exact) mass is 483 g/mol. The second-order valence-electron chi connectivity index (χ2n) is 7.17. The summed E-state index contributed by atoms with van der Waals surface area (Å²) >= 11 is 0. The molecule has 2 aromatic heterocycles. The summed E-state index contributed by atoms with van der Waals surface area (Å²) in [6.45, 7) is 1.22. The van der Waals surface area contributed by atoms with Gasteiger partial charge in [0.05, 0.1) is 26.5 Å². The van der Waals surface area contributed by atoms with Crippen LogP contribution in [0.1, 0.15) is 16.8 Å². The van der Waals surface area contributed by atoms with Gasteiger partial charge in [-0.2, -0.15) is 13.2 Å². The third-order valence-electron chi connectivity index (χ3n) is 4.78. The number of ether oxygens (including phenoxy) is 2. The van der Waals surface area contributed by atoms with E-state index < -0.39 is 32.4 Å². The molecule has 3 aromatic rings. The third kappa shape index (κ3) is 5.16. The number of halogens is 3. The van der Waals surface area contributed by atoms with Gasteiger partial charge in [-0.05, 0) is 30.7 Å². The summed E-state index contributed by atoms with van der Waals surface area (Å²) < 4.78 is 76.1. The predicted octanol–water partition coefficient (Wildman–Crippen LogP) is 3.10. The maximum absolute atomic E-state index is 13.5. The Morgan fingerprint density at radius 2 is 1.70 bits per heavy atom. The van der Waals surface area contributed by atoms with E-state index in [1.807, 2.05) is 0 Å². The van der Waals surface area contributed by atoms with Gasteiger partial charge in [-0.1, -0.05) is 6.07 Å². The summed E-state index contributed by atoms with van der Waals surface area (Å²) in [7, 11) is -1.19. The van der Waals surface area contributed by atoms with Gasteiger partial charge in [-0.25, -0.2) is 18.4 Å². The van der Waals surface area contributed by atoms with Gasteiger partial charge >= 0.3 is 6.18 Å². The van der Waals surface area contributed by atoms with E-state index in [2.05, 4.69) is 9.97 Å². The number of methoxy groups -OCH3 is 2. The van der Waals surface area contributed by atoms with Crippen LogP contribution < -0.4 is 15.0 Å². The largest absolute Gasteiger partial charge is 0.493 e. The Bertz CT molecular complexity index is 1370. The van der Waals surface area contributed by atoms with Gasteiger partial charge in [-0.3, -0.25) is 4.79 Å². The molecule has 0 spiro atoms. The minimum Gasteiger partial charge on any atom is -0.493 e. The van der Waals surface area contributed by atoms with Crippen LogP contribution in [0.15, 0.2) is 46.5 Å². The zero-order valence-electron chi connectivity index (χ0n) is 18.1. The Balaban J connectivity index is 2.15. The van der Waals surface area contributed by atoms with E-state index in [1.54, 1.807) is 18.2 Å². The number of sulfone groups is 1. The van der Waals surface area contributed by atoms with Crippen molar-refractivity contribution >= 4 is 9.84 Å². The van der Waals surface area contributed by atoms with Crippen LogP contribution in [0.3, 0.4) is 0 Å². The fraction of sp³-hybridized carbons (Fsp3) is 0.286. The molecule has 0 saturated heterocycles. The zero-order chi connectivity index (χ0) is 24.6. The minimum atomic E-state index is -4.89. The van der Waals surface area contributed by atoms with E-state index in [4.69, 9.17) is 9.47 Å². The lowest BCUT2D eigenvalue weighted by Gasteiger charge is -2.15. The van der Waals surface area contributed by atoms with E-state index in [0.29, 0.717) is 17.1 Å². The molecule has 0 radical (unpaired) electrons. The molecule has 176 valence electrons. The summed E-state index contributed by atoms with van der Waals surface area (Å²) in [6, 6.07) is 7.49. The highest BCUT2D eigenvalue weighted by atomic mass is 32.2. The molecule has 0 atom stereocenters. The first-order valence-electron chi connectivity index (χ1n) is 9.42. The minimum absolute atomic E-state index is 0.0716. The molecule has 12 heteroatoms. The zero-order valence-corrected chi connectivity index (χ0v) is 18.9. The van der Waals surface area contributed by atoms with E-state index >= 15 is 0 Å². The molecular formula is C21H20F3N3O5S.